The number of rotatable bonds is 2. The topological polar surface area (TPSA) is 38.9 Å². The largest absolute Gasteiger partial charge is 0.330 e. The highest BCUT2D eigenvalue weighted by atomic mass is 35.5. The fraction of sp³-hybridized carbons (Fsp3) is 0.250. The molecule has 0 atom stereocenters. The molecule has 2 N–H and O–H groups in total. The van der Waals surface area contributed by atoms with Gasteiger partial charge in [0.05, 0.1) is 15.6 Å². The summed E-state index contributed by atoms with van der Waals surface area (Å²) in [7, 11) is 0. The van der Waals surface area contributed by atoms with Crippen LogP contribution in [-0.4, -0.2) is 11.5 Å². The van der Waals surface area contributed by atoms with Crippen LogP contribution in [0, 0.1) is 6.92 Å². The van der Waals surface area contributed by atoms with Gasteiger partial charge in [0.25, 0.3) is 0 Å². The molecule has 0 amide bonds. The minimum absolute atomic E-state index is 0.515. The summed E-state index contributed by atoms with van der Waals surface area (Å²) in [6.07, 6.45) is 0.828. The van der Waals surface area contributed by atoms with Crippen molar-refractivity contribution < 1.29 is 0 Å². The Bertz CT molecular complexity index is 538. The fourth-order valence-electron chi connectivity index (χ4n) is 1.73. The molecule has 0 aliphatic carbocycles. The van der Waals surface area contributed by atoms with Gasteiger partial charge in [-0.25, -0.2) is 0 Å². The first-order valence-corrected chi connectivity index (χ1v) is 5.83. The Morgan fingerprint density at radius 2 is 2.06 bits per heavy atom. The van der Waals surface area contributed by atoms with E-state index in [2.05, 4.69) is 11.1 Å². The zero-order valence-electron chi connectivity index (χ0n) is 8.93. The molecule has 84 valence electrons. The van der Waals surface area contributed by atoms with E-state index in [0.29, 0.717) is 16.6 Å². The Hall–Kier alpha value is -0.830. The summed E-state index contributed by atoms with van der Waals surface area (Å²) in [6.45, 7) is 2.58. The lowest BCUT2D eigenvalue weighted by atomic mass is 10.1. The summed E-state index contributed by atoms with van der Waals surface area (Å²) < 4.78 is 0. The van der Waals surface area contributed by atoms with Gasteiger partial charge in [-0.2, -0.15) is 0 Å². The molecule has 0 radical (unpaired) electrons. The molecule has 0 saturated heterocycles. The summed E-state index contributed by atoms with van der Waals surface area (Å²) in [4.78, 5) is 4.48. The number of fused-ring (bicyclic) bond motifs is 1. The lowest BCUT2D eigenvalue weighted by Gasteiger charge is -2.08. The Kier molecular flexibility index (Phi) is 3.33. The summed E-state index contributed by atoms with van der Waals surface area (Å²) in [5, 5.41) is 2.05. The number of benzene rings is 1. The molecule has 1 heterocycles. The average molecular weight is 255 g/mol. The highest BCUT2D eigenvalue weighted by Gasteiger charge is 2.08. The second-order valence-corrected chi connectivity index (χ2v) is 4.49. The molecule has 4 heteroatoms. The van der Waals surface area contributed by atoms with Gasteiger partial charge in [0.15, 0.2) is 0 Å². The quantitative estimate of drug-likeness (QED) is 0.893. The van der Waals surface area contributed by atoms with Crippen LogP contribution >= 0.6 is 23.2 Å². The van der Waals surface area contributed by atoms with Crippen molar-refractivity contribution in [2.24, 2.45) is 5.73 Å². The predicted molar refractivity (Wildman–Crippen MR) is 69.3 cm³/mol. The first kappa shape index (κ1) is 11.6. The van der Waals surface area contributed by atoms with Gasteiger partial charge in [0.1, 0.15) is 0 Å². The van der Waals surface area contributed by atoms with Crippen molar-refractivity contribution in [1.29, 1.82) is 0 Å². The predicted octanol–water partition coefficient (Wildman–Crippen LogP) is 3.35. The number of nitrogens with two attached hydrogens (primary N) is 1. The van der Waals surface area contributed by atoms with E-state index in [0.717, 1.165) is 28.6 Å². The Morgan fingerprint density at radius 1 is 1.31 bits per heavy atom. The molecule has 16 heavy (non-hydrogen) atoms. The van der Waals surface area contributed by atoms with Crippen molar-refractivity contribution in [2.45, 2.75) is 13.3 Å². The van der Waals surface area contributed by atoms with E-state index in [1.165, 1.54) is 0 Å². The second-order valence-electron chi connectivity index (χ2n) is 3.70. The molecule has 1 aromatic carbocycles. The van der Waals surface area contributed by atoms with Crippen molar-refractivity contribution in [3.63, 3.8) is 0 Å². The maximum Gasteiger partial charge on any atom is 0.0906 e. The maximum absolute atomic E-state index is 6.11. The van der Waals surface area contributed by atoms with Crippen LogP contribution in [-0.2, 0) is 6.42 Å². The van der Waals surface area contributed by atoms with Gasteiger partial charge in [-0.1, -0.05) is 29.3 Å². The van der Waals surface area contributed by atoms with Gasteiger partial charge in [-0.05, 0) is 37.6 Å². The van der Waals surface area contributed by atoms with Crippen LogP contribution in [0.4, 0.5) is 0 Å². The molecular formula is C12H12Cl2N2. The summed E-state index contributed by atoms with van der Waals surface area (Å²) in [6, 6.07) is 5.79. The first-order valence-electron chi connectivity index (χ1n) is 5.08. The molecule has 0 saturated carbocycles. The summed E-state index contributed by atoms with van der Waals surface area (Å²) >= 11 is 12.1. The SMILES string of the molecule is Cc1nc2c(Cl)c(Cl)ccc2cc1CCN. The van der Waals surface area contributed by atoms with Gasteiger partial charge < -0.3 is 5.73 Å². The molecule has 2 rings (SSSR count). The molecule has 0 aliphatic rings. The van der Waals surface area contributed by atoms with Crippen LogP contribution in [0.2, 0.25) is 10.0 Å². The number of halogens is 2. The number of aromatic nitrogens is 1. The van der Waals surface area contributed by atoms with Crippen LogP contribution in [0.1, 0.15) is 11.3 Å². The normalized spacial score (nSPS) is 11.0. The van der Waals surface area contributed by atoms with Crippen molar-refractivity contribution >= 4 is 34.1 Å². The molecule has 2 nitrogen and oxygen atoms in total. The van der Waals surface area contributed by atoms with Crippen molar-refractivity contribution in [3.8, 4) is 0 Å². The Labute approximate surface area is 104 Å². The highest BCUT2D eigenvalue weighted by Crippen LogP contribution is 2.30. The molecule has 1 aromatic heterocycles. The van der Waals surface area contributed by atoms with E-state index in [1.54, 1.807) is 6.07 Å². The van der Waals surface area contributed by atoms with Gasteiger partial charge in [0.2, 0.25) is 0 Å². The van der Waals surface area contributed by atoms with E-state index in [4.69, 9.17) is 28.9 Å². The first-order chi connectivity index (χ1) is 7.63. The van der Waals surface area contributed by atoms with E-state index < -0.39 is 0 Å². The maximum atomic E-state index is 6.11. The van der Waals surface area contributed by atoms with Gasteiger partial charge in [0, 0.05) is 11.1 Å². The third-order valence-corrected chi connectivity index (χ3v) is 3.38. The number of aryl methyl sites for hydroxylation is 1. The zero-order chi connectivity index (χ0) is 11.7. The van der Waals surface area contributed by atoms with E-state index in [-0.39, 0.29) is 0 Å². The third-order valence-electron chi connectivity index (χ3n) is 2.59. The molecule has 2 aromatic rings. The summed E-state index contributed by atoms with van der Waals surface area (Å²) in [5.74, 6) is 0. The molecule has 0 unspecified atom stereocenters. The van der Waals surface area contributed by atoms with E-state index >= 15 is 0 Å². The van der Waals surface area contributed by atoms with Crippen molar-refractivity contribution in [3.05, 3.63) is 39.5 Å². The molecule has 0 fully saturated rings. The van der Waals surface area contributed by atoms with E-state index in [9.17, 15) is 0 Å². The average Bonchev–Trinajstić information content (AvgIpc) is 2.26. The highest BCUT2D eigenvalue weighted by molar-refractivity contribution is 6.45. The van der Waals surface area contributed by atoms with Crippen LogP contribution < -0.4 is 5.73 Å². The standard InChI is InChI=1S/C12H12Cl2N2/c1-7-8(4-5-15)6-9-2-3-10(13)11(14)12(9)16-7/h2-3,6H,4-5,15H2,1H3. The zero-order valence-corrected chi connectivity index (χ0v) is 10.4. The molecule has 0 spiro atoms. The Balaban J connectivity index is 2.69. The molecule has 0 bridgehead atoms. The monoisotopic (exact) mass is 254 g/mol. The smallest absolute Gasteiger partial charge is 0.0906 e. The van der Waals surface area contributed by atoms with Crippen molar-refractivity contribution in [2.75, 3.05) is 6.54 Å². The number of hydrogen-bond acceptors (Lipinski definition) is 2. The lowest BCUT2D eigenvalue weighted by molar-refractivity contribution is 0.946. The van der Waals surface area contributed by atoms with Gasteiger partial charge in [-0.3, -0.25) is 4.98 Å². The lowest BCUT2D eigenvalue weighted by Crippen LogP contribution is -2.05. The van der Waals surface area contributed by atoms with Crippen LogP contribution in [0.25, 0.3) is 10.9 Å². The second kappa shape index (κ2) is 4.58. The van der Waals surface area contributed by atoms with Crippen LogP contribution in [0.15, 0.2) is 18.2 Å². The number of pyridine rings is 1. The van der Waals surface area contributed by atoms with Gasteiger partial charge >= 0.3 is 0 Å². The van der Waals surface area contributed by atoms with Crippen LogP contribution in [0.5, 0.6) is 0 Å². The van der Waals surface area contributed by atoms with E-state index in [1.807, 2.05) is 13.0 Å². The Morgan fingerprint density at radius 3 is 2.75 bits per heavy atom. The summed E-state index contributed by atoms with van der Waals surface area (Å²) in [5.41, 5.74) is 8.43. The minimum Gasteiger partial charge on any atom is -0.330 e. The molecular weight excluding hydrogens is 243 g/mol. The third kappa shape index (κ3) is 2.01. The number of nitrogens with zero attached hydrogens (tertiary/aromatic N) is 1. The molecule has 0 aliphatic heterocycles. The number of hydrogen-bond donors (Lipinski definition) is 1. The van der Waals surface area contributed by atoms with Gasteiger partial charge in [-0.15, -0.1) is 0 Å². The minimum atomic E-state index is 0.515. The fourth-order valence-corrected chi connectivity index (χ4v) is 2.09. The van der Waals surface area contributed by atoms with Crippen molar-refractivity contribution in [1.82, 2.24) is 4.98 Å². The van der Waals surface area contributed by atoms with Crippen LogP contribution in [0.3, 0.4) is 0 Å².